The summed E-state index contributed by atoms with van der Waals surface area (Å²) in [6.45, 7) is -1.01. The number of benzene rings is 4. The Morgan fingerprint density at radius 1 is 0.553 bits per heavy atom. The fourth-order valence-corrected chi connectivity index (χ4v) is 7.93. The average Bonchev–Trinajstić information content (AvgIpc) is 2.99. The van der Waals surface area contributed by atoms with Crippen molar-refractivity contribution in [3.05, 3.63) is 109 Å². The summed E-state index contributed by atoms with van der Waals surface area (Å²) in [7, 11) is -4.27. The Labute approximate surface area is 222 Å². The number of carbonyl (C=O) groups is 1. The van der Waals surface area contributed by atoms with Gasteiger partial charge in [0.2, 0.25) is 0 Å². The summed E-state index contributed by atoms with van der Waals surface area (Å²) in [4.78, 5) is 13.0. The zero-order valence-corrected chi connectivity index (χ0v) is 22.8. The molecule has 0 aromatic heterocycles. The molecule has 0 aliphatic carbocycles. The van der Waals surface area contributed by atoms with E-state index in [0.717, 1.165) is 0 Å². The molecule has 0 amide bonds. The lowest BCUT2D eigenvalue weighted by atomic mass is 10.3. The zero-order valence-electron chi connectivity index (χ0n) is 21.1. The summed E-state index contributed by atoms with van der Waals surface area (Å²) in [5.41, 5.74) is 0. The first-order valence-electron chi connectivity index (χ1n) is 11.8. The second-order valence-corrected chi connectivity index (χ2v) is 13.1. The van der Waals surface area contributed by atoms with Crippen molar-refractivity contribution >= 4 is 41.7 Å². The SMILES string of the molecule is COc1cccc(P(=O)(OCC(=O)COP(=O)(c2ccccc2)c2cccc(OC)c2)c2ccccc2)c1. The van der Waals surface area contributed by atoms with Gasteiger partial charge in [0.1, 0.15) is 24.7 Å². The van der Waals surface area contributed by atoms with Crippen molar-refractivity contribution in [2.24, 2.45) is 0 Å². The monoisotopic (exact) mass is 550 g/mol. The molecule has 4 aromatic rings. The van der Waals surface area contributed by atoms with Gasteiger partial charge in [-0.3, -0.25) is 13.9 Å². The molecular formula is C29H28O7P2. The van der Waals surface area contributed by atoms with Crippen molar-refractivity contribution in [3.63, 3.8) is 0 Å². The van der Waals surface area contributed by atoms with E-state index in [-0.39, 0.29) is 0 Å². The Hall–Kier alpha value is -3.47. The van der Waals surface area contributed by atoms with E-state index in [2.05, 4.69) is 0 Å². The largest absolute Gasteiger partial charge is 0.497 e. The predicted molar refractivity (Wildman–Crippen MR) is 150 cm³/mol. The summed E-state index contributed by atoms with van der Waals surface area (Å²) < 4.78 is 50.6. The minimum atomic E-state index is -3.65. The van der Waals surface area contributed by atoms with E-state index in [9.17, 15) is 13.9 Å². The van der Waals surface area contributed by atoms with Crippen LogP contribution in [0.5, 0.6) is 11.5 Å². The average molecular weight is 550 g/mol. The standard InChI is InChI=1S/C29H28O7P2/c1-33-24-11-9-17-28(19-24)37(31,26-13-5-3-6-14-26)35-21-23(30)22-36-38(32,27-15-7-4-8-16-27)29-18-10-12-25(20-29)34-2/h3-20H,21-22H2,1-2H3. The molecule has 0 aliphatic rings. The highest BCUT2D eigenvalue weighted by molar-refractivity contribution is 7.74. The Kier molecular flexibility index (Phi) is 8.98. The highest BCUT2D eigenvalue weighted by atomic mass is 31.2. The van der Waals surface area contributed by atoms with Crippen LogP contribution in [0, 0.1) is 0 Å². The van der Waals surface area contributed by atoms with Gasteiger partial charge in [0.25, 0.3) is 14.7 Å². The van der Waals surface area contributed by atoms with Gasteiger partial charge in [-0.25, -0.2) is 0 Å². The van der Waals surface area contributed by atoms with Gasteiger partial charge >= 0.3 is 0 Å². The summed E-state index contributed by atoms with van der Waals surface area (Å²) in [6, 6.07) is 30.8. The van der Waals surface area contributed by atoms with E-state index in [0.29, 0.717) is 32.7 Å². The molecule has 7 nitrogen and oxygen atoms in total. The molecule has 38 heavy (non-hydrogen) atoms. The van der Waals surface area contributed by atoms with Gasteiger partial charge in [0.05, 0.1) is 14.2 Å². The maximum Gasteiger partial charge on any atom is 0.261 e. The summed E-state index contributed by atoms with van der Waals surface area (Å²) in [6.07, 6.45) is 0. The van der Waals surface area contributed by atoms with E-state index in [4.69, 9.17) is 18.5 Å². The Morgan fingerprint density at radius 3 is 1.29 bits per heavy atom. The van der Waals surface area contributed by atoms with E-state index in [1.165, 1.54) is 14.2 Å². The number of hydrogen-bond donors (Lipinski definition) is 0. The molecular weight excluding hydrogens is 522 g/mol. The van der Waals surface area contributed by atoms with Crippen LogP contribution in [-0.4, -0.2) is 33.2 Å². The number of ether oxygens (including phenoxy) is 2. The number of Topliss-reactive ketones (excluding diaryl/α,β-unsaturated/α-hetero) is 1. The smallest absolute Gasteiger partial charge is 0.261 e. The van der Waals surface area contributed by atoms with Crippen molar-refractivity contribution < 1.29 is 32.4 Å². The lowest BCUT2D eigenvalue weighted by Crippen LogP contribution is -2.24. The van der Waals surface area contributed by atoms with Crippen LogP contribution >= 0.6 is 14.7 Å². The molecule has 0 aliphatic heterocycles. The van der Waals surface area contributed by atoms with Crippen LogP contribution < -0.4 is 30.7 Å². The van der Waals surface area contributed by atoms with E-state index in [1.54, 1.807) is 109 Å². The Balaban J connectivity index is 1.56. The van der Waals surface area contributed by atoms with Crippen molar-refractivity contribution in [2.45, 2.75) is 0 Å². The molecule has 0 bridgehead atoms. The van der Waals surface area contributed by atoms with Gasteiger partial charge in [0, 0.05) is 21.2 Å². The van der Waals surface area contributed by atoms with E-state index < -0.39 is 33.7 Å². The van der Waals surface area contributed by atoms with Crippen LogP contribution in [0.2, 0.25) is 0 Å². The third kappa shape index (κ3) is 6.15. The van der Waals surface area contributed by atoms with Crippen LogP contribution in [0.1, 0.15) is 0 Å². The molecule has 2 unspecified atom stereocenters. The highest BCUT2D eigenvalue weighted by Gasteiger charge is 2.32. The lowest BCUT2D eigenvalue weighted by Gasteiger charge is -2.21. The van der Waals surface area contributed by atoms with Gasteiger partial charge in [-0.1, -0.05) is 48.5 Å². The maximum absolute atomic E-state index is 14.2. The molecule has 4 rings (SSSR count). The van der Waals surface area contributed by atoms with Crippen LogP contribution in [-0.2, 0) is 23.0 Å². The second-order valence-electron chi connectivity index (χ2n) is 8.26. The Bertz CT molecular complexity index is 1360. The summed E-state index contributed by atoms with van der Waals surface area (Å²) >= 11 is 0. The molecule has 9 heteroatoms. The van der Waals surface area contributed by atoms with Gasteiger partial charge in [0.15, 0.2) is 5.78 Å². The molecule has 0 N–H and O–H groups in total. The summed E-state index contributed by atoms with van der Waals surface area (Å²) in [5.74, 6) is 0.515. The normalized spacial score (nSPS) is 14.2. The topological polar surface area (TPSA) is 88.1 Å². The van der Waals surface area contributed by atoms with Crippen molar-refractivity contribution in [2.75, 3.05) is 27.4 Å². The minimum absolute atomic E-state index is 0.392. The van der Waals surface area contributed by atoms with Gasteiger partial charge in [-0.2, -0.15) is 0 Å². The van der Waals surface area contributed by atoms with Crippen molar-refractivity contribution in [1.29, 1.82) is 0 Å². The van der Waals surface area contributed by atoms with Gasteiger partial charge in [-0.05, 0) is 60.7 Å². The number of rotatable bonds is 12. The molecule has 0 saturated carbocycles. The highest BCUT2D eigenvalue weighted by Crippen LogP contribution is 2.47. The second kappa shape index (κ2) is 12.4. The number of hydrogen-bond acceptors (Lipinski definition) is 7. The van der Waals surface area contributed by atoms with Crippen LogP contribution in [0.25, 0.3) is 0 Å². The molecule has 0 saturated heterocycles. The third-order valence-electron chi connectivity index (χ3n) is 5.79. The molecule has 196 valence electrons. The van der Waals surface area contributed by atoms with Crippen molar-refractivity contribution in [3.8, 4) is 11.5 Å². The number of methoxy groups -OCH3 is 2. The predicted octanol–water partition coefficient (Wildman–Crippen LogP) is 4.46. The van der Waals surface area contributed by atoms with Crippen molar-refractivity contribution in [1.82, 2.24) is 0 Å². The first-order chi connectivity index (χ1) is 18.4. The number of ketones is 1. The molecule has 0 fully saturated rings. The fraction of sp³-hybridized carbons (Fsp3) is 0.138. The van der Waals surface area contributed by atoms with Crippen LogP contribution in [0.3, 0.4) is 0 Å². The number of carbonyl (C=O) groups excluding carboxylic acids is 1. The van der Waals surface area contributed by atoms with E-state index >= 15 is 0 Å². The molecule has 0 radical (unpaired) electrons. The minimum Gasteiger partial charge on any atom is -0.497 e. The Morgan fingerprint density at radius 2 is 0.921 bits per heavy atom. The van der Waals surface area contributed by atoms with E-state index in [1.807, 2.05) is 0 Å². The lowest BCUT2D eigenvalue weighted by molar-refractivity contribution is -0.122. The fourth-order valence-electron chi connectivity index (χ4n) is 3.80. The molecule has 0 heterocycles. The summed E-state index contributed by atoms with van der Waals surface area (Å²) in [5, 5.41) is 1.66. The van der Waals surface area contributed by atoms with Crippen LogP contribution in [0.4, 0.5) is 0 Å². The zero-order chi connectivity index (χ0) is 27.0. The maximum atomic E-state index is 14.2. The first kappa shape index (κ1) is 27.6. The molecule has 4 aromatic carbocycles. The third-order valence-corrected chi connectivity index (χ3v) is 10.7. The molecule has 0 spiro atoms. The van der Waals surface area contributed by atoms with Gasteiger partial charge in [-0.15, -0.1) is 0 Å². The first-order valence-corrected chi connectivity index (χ1v) is 15.1. The van der Waals surface area contributed by atoms with Crippen LogP contribution in [0.15, 0.2) is 109 Å². The molecule has 2 atom stereocenters. The van der Waals surface area contributed by atoms with Gasteiger partial charge < -0.3 is 18.5 Å². The quantitative estimate of drug-likeness (QED) is 0.241.